The lowest BCUT2D eigenvalue weighted by atomic mass is 9.95. The topological polar surface area (TPSA) is 97.1 Å². The third-order valence-electron chi connectivity index (χ3n) is 7.37. The summed E-state index contributed by atoms with van der Waals surface area (Å²) < 4.78 is 19.6. The average molecular weight is 535 g/mol. The van der Waals surface area contributed by atoms with Gasteiger partial charge in [0.1, 0.15) is 22.7 Å². The number of aromatic nitrogens is 2. The summed E-state index contributed by atoms with van der Waals surface area (Å²) in [5.41, 5.74) is 5.11. The van der Waals surface area contributed by atoms with E-state index in [1.165, 1.54) is 12.1 Å². The number of amides is 2. The van der Waals surface area contributed by atoms with Gasteiger partial charge in [-0.2, -0.15) is 0 Å². The van der Waals surface area contributed by atoms with Gasteiger partial charge in [0, 0.05) is 36.0 Å². The Labute approximate surface area is 230 Å². The predicted octanol–water partition coefficient (Wildman–Crippen LogP) is 6.09. The zero-order valence-corrected chi connectivity index (χ0v) is 22.3. The maximum Gasteiger partial charge on any atom is 0.255 e. The van der Waals surface area contributed by atoms with Crippen LogP contribution in [0.2, 0.25) is 0 Å². The molecule has 8 heteroatoms. The molecule has 6 rings (SSSR count). The summed E-state index contributed by atoms with van der Waals surface area (Å²) in [5, 5.41) is 6.45. The van der Waals surface area contributed by atoms with Gasteiger partial charge >= 0.3 is 0 Å². The Morgan fingerprint density at radius 1 is 0.900 bits per heavy atom. The number of carbonyl (C=O) groups is 2. The van der Waals surface area contributed by atoms with Crippen LogP contribution in [0.4, 0.5) is 4.39 Å². The molecule has 2 heterocycles. The number of nitrogens with one attached hydrogen (secondary N) is 2. The van der Waals surface area contributed by atoms with Gasteiger partial charge in [0.15, 0.2) is 5.82 Å². The van der Waals surface area contributed by atoms with E-state index in [1.54, 1.807) is 37.6 Å². The van der Waals surface area contributed by atoms with Gasteiger partial charge in [0.05, 0.1) is 5.56 Å². The molecule has 1 fully saturated rings. The molecule has 0 radical (unpaired) electrons. The van der Waals surface area contributed by atoms with Crippen molar-refractivity contribution in [3.63, 3.8) is 0 Å². The second-order valence-electron chi connectivity index (χ2n) is 10.3. The van der Waals surface area contributed by atoms with Crippen molar-refractivity contribution in [1.29, 1.82) is 0 Å². The van der Waals surface area contributed by atoms with Gasteiger partial charge in [-0.15, -0.1) is 0 Å². The maximum atomic E-state index is 13.6. The Morgan fingerprint density at radius 2 is 1.60 bits per heavy atom. The van der Waals surface area contributed by atoms with E-state index in [0.29, 0.717) is 39.2 Å². The molecule has 0 atom stereocenters. The normalized spacial score (nSPS) is 13.7. The highest BCUT2D eigenvalue weighted by molar-refractivity contribution is 6.12. The minimum atomic E-state index is -0.537. The number of halogens is 1. The first-order valence-electron chi connectivity index (χ1n) is 13.1. The summed E-state index contributed by atoms with van der Waals surface area (Å²) in [6.07, 6.45) is 5.10. The van der Waals surface area contributed by atoms with E-state index < -0.39 is 5.54 Å². The van der Waals surface area contributed by atoms with Gasteiger partial charge in [-0.1, -0.05) is 12.1 Å². The first-order valence-corrected chi connectivity index (χ1v) is 13.1. The molecular weight excluding hydrogens is 507 g/mol. The molecule has 1 saturated carbocycles. The van der Waals surface area contributed by atoms with E-state index in [2.05, 4.69) is 20.6 Å². The molecule has 2 N–H and O–H groups in total. The summed E-state index contributed by atoms with van der Waals surface area (Å²) in [4.78, 5) is 35.2. The average Bonchev–Trinajstić information content (AvgIpc) is 3.64. The SMILES string of the molecule is CNC(=O)c1c(-c2ccc(F)cc2)oc2ccc(-c3cc(C(=O)NC4(c5ncc(C)cn5)CC4)ccc3C)cc12. The van der Waals surface area contributed by atoms with Gasteiger partial charge in [-0.25, -0.2) is 14.4 Å². The molecule has 0 spiro atoms. The highest BCUT2D eigenvalue weighted by atomic mass is 19.1. The van der Waals surface area contributed by atoms with Crippen LogP contribution < -0.4 is 10.6 Å². The van der Waals surface area contributed by atoms with Crippen molar-refractivity contribution in [1.82, 2.24) is 20.6 Å². The van der Waals surface area contributed by atoms with Crippen molar-refractivity contribution < 1.29 is 18.4 Å². The first-order chi connectivity index (χ1) is 19.3. The second-order valence-corrected chi connectivity index (χ2v) is 10.3. The monoisotopic (exact) mass is 534 g/mol. The minimum Gasteiger partial charge on any atom is -0.455 e. The van der Waals surface area contributed by atoms with E-state index in [1.807, 2.05) is 44.2 Å². The first kappa shape index (κ1) is 25.4. The Kier molecular flexibility index (Phi) is 6.18. The summed E-state index contributed by atoms with van der Waals surface area (Å²) in [6.45, 7) is 3.90. The van der Waals surface area contributed by atoms with Gasteiger partial charge in [0.2, 0.25) is 0 Å². The van der Waals surface area contributed by atoms with Crippen molar-refractivity contribution >= 4 is 22.8 Å². The fraction of sp³-hybridized carbons (Fsp3) is 0.188. The number of carbonyl (C=O) groups excluding carboxylic acids is 2. The van der Waals surface area contributed by atoms with Crippen LogP contribution in [0.1, 0.15) is 50.5 Å². The fourth-order valence-electron chi connectivity index (χ4n) is 4.95. The van der Waals surface area contributed by atoms with Crippen molar-refractivity contribution in [2.24, 2.45) is 0 Å². The number of furan rings is 1. The smallest absolute Gasteiger partial charge is 0.255 e. The molecule has 2 amide bonds. The van der Waals surface area contributed by atoms with E-state index in [-0.39, 0.29) is 17.6 Å². The van der Waals surface area contributed by atoms with Crippen molar-refractivity contribution in [2.75, 3.05) is 7.05 Å². The van der Waals surface area contributed by atoms with Crippen LogP contribution in [-0.4, -0.2) is 28.8 Å². The molecule has 0 saturated heterocycles. The molecule has 5 aromatic rings. The van der Waals surface area contributed by atoms with Crippen LogP contribution in [0.15, 0.2) is 77.5 Å². The summed E-state index contributed by atoms with van der Waals surface area (Å²) in [6, 6.07) is 17.0. The van der Waals surface area contributed by atoms with E-state index in [0.717, 1.165) is 35.1 Å². The lowest BCUT2D eigenvalue weighted by Crippen LogP contribution is -2.36. The molecule has 2 aromatic heterocycles. The third kappa shape index (κ3) is 4.51. The fourth-order valence-corrected chi connectivity index (χ4v) is 4.95. The quantitative estimate of drug-likeness (QED) is 0.275. The predicted molar refractivity (Wildman–Crippen MR) is 150 cm³/mol. The summed E-state index contributed by atoms with van der Waals surface area (Å²) in [7, 11) is 1.56. The van der Waals surface area contributed by atoms with Crippen molar-refractivity contribution in [3.05, 3.63) is 107 Å². The van der Waals surface area contributed by atoms with Crippen LogP contribution >= 0.6 is 0 Å². The highest BCUT2D eigenvalue weighted by Gasteiger charge is 2.48. The summed E-state index contributed by atoms with van der Waals surface area (Å²) >= 11 is 0. The summed E-state index contributed by atoms with van der Waals surface area (Å²) in [5.74, 6) is 0.111. The highest BCUT2D eigenvalue weighted by Crippen LogP contribution is 2.44. The largest absolute Gasteiger partial charge is 0.455 e. The van der Waals surface area contributed by atoms with Crippen LogP contribution in [0.25, 0.3) is 33.4 Å². The molecule has 0 bridgehead atoms. The van der Waals surface area contributed by atoms with E-state index >= 15 is 0 Å². The number of fused-ring (bicyclic) bond motifs is 1. The van der Waals surface area contributed by atoms with E-state index in [4.69, 9.17) is 4.42 Å². The number of rotatable bonds is 6. The van der Waals surface area contributed by atoms with Gasteiger partial charge in [0.25, 0.3) is 11.8 Å². The number of hydrogen-bond donors (Lipinski definition) is 2. The lowest BCUT2D eigenvalue weighted by molar-refractivity contribution is 0.0926. The van der Waals surface area contributed by atoms with Crippen molar-refractivity contribution in [3.8, 4) is 22.5 Å². The van der Waals surface area contributed by atoms with Gasteiger partial charge < -0.3 is 15.1 Å². The lowest BCUT2D eigenvalue weighted by Gasteiger charge is -2.17. The Balaban J connectivity index is 1.37. The number of benzene rings is 3. The number of hydrogen-bond acceptors (Lipinski definition) is 5. The molecule has 0 aliphatic heterocycles. The minimum absolute atomic E-state index is 0.197. The van der Waals surface area contributed by atoms with Crippen LogP contribution in [0, 0.1) is 19.7 Å². The van der Waals surface area contributed by atoms with Crippen molar-refractivity contribution in [2.45, 2.75) is 32.2 Å². The Hall–Kier alpha value is -4.85. The maximum absolute atomic E-state index is 13.6. The molecule has 200 valence electrons. The number of nitrogens with zero attached hydrogens (tertiary/aromatic N) is 2. The standard InChI is InChI=1S/C32H27FN4O3/c1-18-16-35-31(36-17-18)32(12-13-32)37-29(38)22-5-4-19(2)24(15-22)21-8-11-26-25(14-21)27(30(39)34-3)28(40-26)20-6-9-23(33)10-7-20/h4-11,14-17H,12-13H2,1-3H3,(H,34,39)(H,37,38). The van der Waals surface area contributed by atoms with Crippen LogP contribution in [0.3, 0.4) is 0 Å². The molecule has 1 aliphatic carbocycles. The molecule has 3 aromatic carbocycles. The zero-order chi connectivity index (χ0) is 28.0. The Bertz CT molecular complexity index is 1770. The molecule has 1 aliphatic rings. The molecule has 40 heavy (non-hydrogen) atoms. The van der Waals surface area contributed by atoms with Gasteiger partial charge in [-0.05, 0) is 97.5 Å². The molecule has 7 nitrogen and oxygen atoms in total. The third-order valence-corrected chi connectivity index (χ3v) is 7.37. The molecular formula is C32H27FN4O3. The zero-order valence-electron chi connectivity index (χ0n) is 22.3. The molecule has 0 unspecified atom stereocenters. The van der Waals surface area contributed by atoms with Crippen LogP contribution in [0.5, 0.6) is 0 Å². The van der Waals surface area contributed by atoms with Gasteiger partial charge in [-0.3, -0.25) is 9.59 Å². The van der Waals surface area contributed by atoms with Crippen LogP contribution in [-0.2, 0) is 5.54 Å². The Morgan fingerprint density at radius 3 is 2.27 bits per heavy atom. The van der Waals surface area contributed by atoms with E-state index in [9.17, 15) is 14.0 Å². The number of aryl methyl sites for hydroxylation is 2. The second kappa shape index (κ2) is 9.72.